The van der Waals surface area contributed by atoms with Crippen molar-refractivity contribution in [2.45, 2.75) is 6.42 Å². The monoisotopic (exact) mass is 432 g/mol. The second-order valence-electron chi connectivity index (χ2n) is 6.83. The highest BCUT2D eigenvalue weighted by Gasteiger charge is 2.24. The number of hydrogen-bond donors (Lipinski definition) is 0. The molecule has 158 valence electrons. The van der Waals surface area contributed by atoms with Gasteiger partial charge in [0.2, 0.25) is 5.95 Å². The van der Waals surface area contributed by atoms with Gasteiger partial charge in [-0.1, -0.05) is 11.6 Å². The minimum atomic E-state index is -0.641. The smallest absolute Gasteiger partial charge is 0.338 e. The zero-order chi connectivity index (χ0) is 20.9. The third kappa shape index (κ3) is 4.56. The van der Waals surface area contributed by atoms with Crippen molar-refractivity contribution in [1.29, 1.82) is 0 Å². The fourth-order valence-corrected chi connectivity index (χ4v) is 3.53. The number of rotatable bonds is 4. The first-order chi connectivity index (χ1) is 14.6. The molecule has 0 bridgehead atoms. The fraction of sp³-hybridized carbons (Fsp3) is 0.400. The Morgan fingerprint density at radius 1 is 1.07 bits per heavy atom. The van der Waals surface area contributed by atoms with Crippen LogP contribution in [0.5, 0.6) is 11.5 Å². The Balaban J connectivity index is 1.31. The van der Waals surface area contributed by atoms with E-state index in [0.717, 1.165) is 6.42 Å². The second kappa shape index (κ2) is 9.17. The summed E-state index contributed by atoms with van der Waals surface area (Å²) in [6, 6.07) is 4.74. The average Bonchev–Trinajstić information content (AvgIpc) is 3.04. The van der Waals surface area contributed by atoms with E-state index in [9.17, 15) is 9.59 Å². The van der Waals surface area contributed by atoms with Crippen LogP contribution in [0.2, 0.25) is 5.02 Å². The van der Waals surface area contributed by atoms with Gasteiger partial charge in [0.05, 0.1) is 23.8 Å². The summed E-state index contributed by atoms with van der Waals surface area (Å²) in [4.78, 5) is 37.0. The van der Waals surface area contributed by atoms with Crippen molar-refractivity contribution >= 4 is 29.4 Å². The predicted molar refractivity (Wildman–Crippen MR) is 108 cm³/mol. The molecule has 0 spiro atoms. The second-order valence-corrected chi connectivity index (χ2v) is 7.24. The van der Waals surface area contributed by atoms with Gasteiger partial charge in [-0.2, -0.15) is 0 Å². The van der Waals surface area contributed by atoms with Crippen LogP contribution in [-0.4, -0.2) is 72.7 Å². The first kappa shape index (κ1) is 20.2. The van der Waals surface area contributed by atoms with Crippen LogP contribution < -0.4 is 14.4 Å². The first-order valence-corrected chi connectivity index (χ1v) is 10.1. The van der Waals surface area contributed by atoms with Gasteiger partial charge in [-0.3, -0.25) is 4.79 Å². The third-order valence-corrected chi connectivity index (χ3v) is 5.11. The summed E-state index contributed by atoms with van der Waals surface area (Å²) in [5.74, 6) is 0.566. The van der Waals surface area contributed by atoms with E-state index in [-0.39, 0.29) is 23.1 Å². The summed E-state index contributed by atoms with van der Waals surface area (Å²) in [7, 11) is 0. The van der Waals surface area contributed by atoms with E-state index in [1.165, 1.54) is 12.1 Å². The van der Waals surface area contributed by atoms with Crippen molar-refractivity contribution in [3.8, 4) is 11.5 Å². The van der Waals surface area contributed by atoms with E-state index in [4.69, 9.17) is 25.8 Å². The molecule has 1 saturated heterocycles. The number of amides is 1. The molecule has 1 aromatic heterocycles. The van der Waals surface area contributed by atoms with Gasteiger partial charge < -0.3 is 24.0 Å². The highest BCUT2D eigenvalue weighted by Crippen LogP contribution is 2.38. The Kier molecular flexibility index (Phi) is 6.18. The molecular formula is C20H21ClN4O5. The maximum absolute atomic E-state index is 12.5. The van der Waals surface area contributed by atoms with Crippen molar-refractivity contribution < 1.29 is 23.8 Å². The van der Waals surface area contributed by atoms with Crippen molar-refractivity contribution in [1.82, 2.24) is 14.9 Å². The van der Waals surface area contributed by atoms with Crippen LogP contribution in [0.4, 0.5) is 5.95 Å². The molecule has 2 aromatic rings. The molecule has 9 nitrogen and oxygen atoms in total. The van der Waals surface area contributed by atoms with Crippen LogP contribution in [-0.2, 0) is 9.53 Å². The summed E-state index contributed by atoms with van der Waals surface area (Å²) in [6.07, 6.45) is 4.10. The Labute approximate surface area is 178 Å². The molecule has 30 heavy (non-hydrogen) atoms. The van der Waals surface area contributed by atoms with E-state index < -0.39 is 5.97 Å². The number of carbonyl (C=O) groups excluding carboxylic acids is 2. The molecule has 0 atom stereocenters. The normalized spacial score (nSPS) is 16.0. The number of aromatic nitrogens is 2. The fourth-order valence-electron chi connectivity index (χ4n) is 3.26. The van der Waals surface area contributed by atoms with Gasteiger partial charge in [-0.15, -0.1) is 0 Å². The third-order valence-electron chi connectivity index (χ3n) is 4.83. The van der Waals surface area contributed by atoms with Gasteiger partial charge in [0.15, 0.2) is 18.1 Å². The summed E-state index contributed by atoms with van der Waals surface area (Å²) in [5, 5.41) is 0.270. The molecule has 4 rings (SSSR count). The summed E-state index contributed by atoms with van der Waals surface area (Å²) in [5.41, 5.74) is 0.211. The molecule has 1 amide bonds. The van der Waals surface area contributed by atoms with Crippen molar-refractivity contribution in [3.05, 3.63) is 41.2 Å². The number of ether oxygens (including phenoxy) is 3. The topological polar surface area (TPSA) is 94.1 Å². The molecular weight excluding hydrogens is 412 g/mol. The van der Waals surface area contributed by atoms with Gasteiger partial charge in [0.1, 0.15) is 0 Å². The molecule has 0 unspecified atom stereocenters. The highest BCUT2D eigenvalue weighted by molar-refractivity contribution is 6.32. The Bertz CT molecular complexity index is 919. The molecule has 0 aliphatic carbocycles. The molecule has 1 aromatic carbocycles. The molecule has 0 N–H and O–H groups in total. The number of piperazine rings is 1. The van der Waals surface area contributed by atoms with E-state index in [1.807, 2.05) is 4.90 Å². The molecule has 3 heterocycles. The molecule has 1 fully saturated rings. The van der Waals surface area contributed by atoms with E-state index in [1.54, 1.807) is 23.4 Å². The van der Waals surface area contributed by atoms with E-state index in [2.05, 4.69) is 9.97 Å². The van der Waals surface area contributed by atoms with E-state index in [0.29, 0.717) is 56.8 Å². The summed E-state index contributed by atoms with van der Waals surface area (Å²) >= 11 is 6.21. The van der Waals surface area contributed by atoms with Crippen molar-refractivity contribution in [3.63, 3.8) is 0 Å². The van der Waals surface area contributed by atoms with Gasteiger partial charge in [-0.25, -0.2) is 14.8 Å². The number of fused-ring (bicyclic) bond motifs is 1. The van der Waals surface area contributed by atoms with Crippen LogP contribution in [0, 0.1) is 0 Å². The van der Waals surface area contributed by atoms with Gasteiger partial charge in [0.25, 0.3) is 5.91 Å². The summed E-state index contributed by atoms with van der Waals surface area (Å²) < 4.78 is 16.3. The molecule has 2 aliphatic heterocycles. The minimum Gasteiger partial charge on any atom is -0.489 e. The van der Waals surface area contributed by atoms with Crippen LogP contribution in [0.1, 0.15) is 16.8 Å². The SMILES string of the molecule is O=C(OCC(=O)N1CCN(c2ncccn2)CC1)c1cc(Cl)c2c(c1)OCCCO2. The Morgan fingerprint density at radius 3 is 2.57 bits per heavy atom. The maximum atomic E-state index is 12.5. The molecule has 2 aliphatic rings. The van der Waals surface area contributed by atoms with Crippen LogP contribution in [0.3, 0.4) is 0 Å². The lowest BCUT2D eigenvalue weighted by Crippen LogP contribution is -2.50. The number of esters is 1. The molecule has 10 heteroatoms. The van der Waals surface area contributed by atoms with Crippen LogP contribution >= 0.6 is 11.6 Å². The number of anilines is 1. The van der Waals surface area contributed by atoms with Gasteiger partial charge >= 0.3 is 5.97 Å². The Morgan fingerprint density at radius 2 is 1.80 bits per heavy atom. The minimum absolute atomic E-state index is 0.211. The number of hydrogen-bond acceptors (Lipinski definition) is 8. The van der Waals surface area contributed by atoms with E-state index >= 15 is 0 Å². The van der Waals surface area contributed by atoms with Crippen LogP contribution in [0.15, 0.2) is 30.6 Å². The number of halogens is 1. The zero-order valence-electron chi connectivity index (χ0n) is 16.3. The lowest BCUT2D eigenvalue weighted by molar-refractivity contribution is -0.134. The van der Waals surface area contributed by atoms with Crippen molar-refractivity contribution in [2.75, 3.05) is 50.9 Å². The lowest BCUT2D eigenvalue weighted by Gasteiger charge is -2.34. The number of carbonyl (C=O) groups is 2. The molecule has 0 saturated carbocycles. The van der Waals surface area contributed by atoms with Gasteiger partial charge in [-0.05, 0) is 18.2 Å². The Hall–Kier alpha value is -3.07. The standard InChI is InChI=1S/C20H21ClN4O5/c21-15-11-14(12-16-18(15)29-10-2-9-28-16)19(27)30-13-17(26)24-5-7-25(8-6-24)20-22-3-1-4-23-20/h1,3-4,11-12H,2,5-10,13H2. The lowest BCUT2D eigenvalue weighted by atomic mass is 10.2. The van der Waals surface area contributed by atoms with Crippen LogP contribution in [0.25, 0.3) is 0 Å². The maximum Gasteiger partial charge on any atom is 0.338 e. The number of benzene rings is 1. The molecule has 0 radical (unpaired) electrons. The predicted octanol–water partition coefficient (Wildman–Crippen LogP) is 1.80. The number of nitrogens with zero attached hydrogens (tertiary/aromatic N) is 4. The largest absolute Gasteiger partial charge is 0.489 e. The zero-order valence-corrected chi connectivity index (χ0v) is 17.0. The first-order valence-electron chi connectivity index (χ1n) is 9.68. The van der Waals surface area contributed by atoms with Gasteiger partial charge in [0, 0.05) is 45.0 Å². The quantitative estimate of drug-likeness (QED) is 0.675. The average molecular weight is 433 g/mol. The van der Waals surface area contributed by atoms with Crippen molar-refractivity contribution in [2.24, 2.45) is 0 Å². The highest BCUT2D eigenvalue weighted by atomic mass is 35.5. The summed E-state index contributed by atoms with van der Waals surface area (Å²) in [6.45, 7) is 2.86.